The minimum Gasteiger partial charge on any atom is -0.324 e. The van der Waals surface area contributed by atoms with E-state index in [1.165, 1.54) is 12.1 Å². The third kappa shape index (κ3) is 5.61. The van der Waals surface area contributed by atoms with Crippen LogP contribution in [-0.4, -0.2) is 20.9 Å². The Hall–Kier alpha value is -3.90. The molecule has 4 rings (SSSR count). The summed E-state index contributed by atoms with van der Waals surface area (Å²) in [5.74, 6) is -0.123. The highest BCUT2D eigenvalue weighted by Gasteiger charge is 2.27. The van der Waals surface area contributed by atoms with Gasteiger partial charge in [0.2, 0.25) is 5.91 Å². The first-order chi connectivity index (χ1) is 16.9. The first-order valence-corrected chi connectivity index (χ1v) is 12.9. The van der Waals surface area contributed by atoms with Gasteiger partial charge in [-0.25, -0.2) is 8.42 Å². The highest BCUT2D eigenvalue weighted by atomic mass is 32.2. The van der Waals surface area contributed by atoms with Crippen LogP contribution >= 0.6 is 0 Å². The van der Waals surface area contributed by atoms with Gasteiger partial charge in [-0.2, -0.15) is 0 Å². The molecule has 4 aromatic rings. The van der Waals surface area contributed by atoms with E-state index < -0.39 is 15.9 Å². The monoisotopic (exact) mass is 484 g/mol. The van der Waals surface area contributed by atoms with Gasteiger partial charge in [0.15, 0.2) is 0 Å². The molecule has 1 N–H and O–H groups in total. The second kappa shape index (κ2) is 10.6. The molecule has 5 nitrogen and oxygen atoms in total. The first kappa shape index (κ1) is 24.2. The fourth-order valence-electron chi connectivity index (χ4n) is 3.84. The van der Waals surface area contributed by atoms with Crippen LogP contribution in [0.1, 0.15) is 25.3 Å². The number of nitrogens with one attached hydrogen (secondary N) is 1. The second-order valence-corrected chi connectivity index (χ2v) is 10.4. The van der Waals surface area contributed by atoms with Gasteiger partial charge in [-0.05, 0) is 47.4 Å². The quantitative estimate of drug-likeness (QED) is 0.319. The summed E-state index contributed by atoms with van der Waals surface area (Å²) < 4.78 is 28.3. The Morgan fingerprint density at radius 2 is 1.34 bits per heavy atom. The zero-order chi connectivity index (χ0) is 24.8. The maximum Gasteiger partial charge on any atom is 0.264 e. The average molecular weight is 485 g/mol. The third-order valence-corrected chi connectivity index (χ3v) is 7.54. The molecular weight excluding hydrogens is 456 g/mol. The fourth-order valence-corrected chi connectivity index (χ4v) is 5.28. The molecule has 0 radical (unpaired) electrons. The maximum absolute atomic E-state index is 13.6. The molecular formula is C29H28N2O3S. The summed E-state index contributed by atoms with van der Waals surface area (Å²) in [6.45, 7) is 3.79. The summed E-state index contributed by atoms with van der Waals surface area (Å²) in [7, 11) is -3.96. The number of hydrogen-bond donors (Lipinski definition) is 1. The van der Waals surface area contributed by atoms with Gasteiger partial charge in [0.25, 0.3) is 10.0 Å². The smallest absolute Gasteiger partial charge is 0.264 e. The molecule has 0 bridgehead atoms. The number of anilines is 2. The van der Waals surface area contributed by atoms with Gasteiger partial charge < -0.3 is 5.32 Å². The maximum atomic E-state index is 13.6. The van der Waals surface area contributed by atoms with Gasteiger partial charge in [0.1, 0.15) is 6.54 Å². The van der Waals surface area contributed by atoms with E-state index in [2.05, 4.69) is 19.2 Å². The van der Waals surface area contributed by atoms with E-state index >= 15 is 0 Å². The molecule has 0 saturated heterocycles. The molecule has 4 aromatic carbocycles. The Labute approximate surface area is 207 Å². The van der Waals surface area contributed by atoms with Crippen molar-refractivity contribution in [1.82, 2.24) is 0 Å². The summed E-state index contributed by atoms with van der Waals surface area (Å²) >= 11 is 0. The Morgan fingerprint density at radius 3 is 1.97 bits per heavy atom. The summed E-state index contributed by atoms with van der Waals surface area (Å²) in [6.07, 6.45) is 0. The summed E-state index contributed by atoms with van der Waals surface area (Å²) in [5.41, 5.74) is 3.97. The molecule has 6 heteroatoms. The third-order valence-electron chi connectivity index (χ3n) is 5.75. The van der Waals surface area contributed by atoms with Crippen LogP contribution in [0.4, 0.5) is 11.4 Å². The van der Waals surface area contributed by atoms with Gasteiger partial charge in [0, 0.05) is 11.3 Å². The lowest BCUT2D eigenvalue weighted by Crippen LogP contribution is -2.38. The molecule has 178 valence electrons. The summed E-state index contributed by atoms with van der Waals surface area (Å²) in [6, 6.07) is 32.7. The molecule has 35 heavy (non-hydrogen) atoms. The number of benzene rings is 4. The normalized spacial score (nSPS) is 11.3. The number of hydrogen-bond acceptors (Lipinski definition) is 3. The molecule has 0 aromatic heterocycles. The first-order valence-electron chi connectivity index (χ1n) is 11.5. The summed E-state index contributed by atoms with van der Waals surface area (Å²) in [5, 5.41) is 2.92. The molecule has 0 aliphatic rings. The highest BCUT2D eigenvalue weighted by molar-refractivity contribution is 7.92. The Balaban J connectivity index is 1.66. The van der Waals surface area contributed by atoms with Crippen molar-refractivity contribution in [3.63, 3.8) is 0 Å². The van der Waals surface area contributed by atoms with Gasteiger partial charge >= 0.3 is 0 Å². The molecule has 0 unspecified atom stereocenters. The van der Waals surface area contributed by atoms with Crippen molar-refractivity contribution in [2.24, 2.45) is 0 Å². The van der Waals surface area contributed by atoms with Crippen molar-refractivity contribution in [2.45, 2.75) is 24.7 Å². The molecule has 0 aliphatic carbocycles. The van der Waals surface area contributed by atoms with Crippen LogP contribution in [0.5, 0.6) is 0 Å². The van der Waals surface area contributed by atoms with Crippen LogP contribution in [0.15, 0.2) is 114 Å². The van der Waals surface area contributed by atoms with E-state index in [4.69, 9.17) is 0 Å². The number of sulfonamides is 1. The Kier molecular flexibility index (Phi) is 7.32. The van der Waals surface area contributed by atoms with E-state index in [9.17, 15) is 13.2 Å². The predicted octanol–water partition coefficient (Wildman–Crippen LogP) is 6.31. The lowest BCUT2D eigenvalue weighted by Gasteiger charge is -2.25. The van der Waals surface area contributed by atoms with Gasteiger partial charge in [-0.15, -0.1) is 0 Å². The van der Waals surface area contributed by atoms with Crippen molar-refractivity contribution < 1.29 is 13.2 Å². The largest absolute Gasteiger partial charge is 0.324 e. The number of carbonyl (C=O) groups excluding carboxylic acids is 1. The lowest BCUT2D eigenvalue weighted by atomic mass is 10.0. The number of carbonyl (C=O) groups is 1. The molecule has 1 amide bonds. The van der Waals surface area contributed by atoms with Gasteiger partial charge in [0.05, 0.1) is 10.6 Å². The van der Waals surface area contributed by atoms with Gasteiger partial charge in [-0.3, -0.25) is 9.10 Å². The van der Waals surface area contributed by atoms with Crippen LogP contribution in [0, 0.1) is 0 Å². The number of nitrogens with zero attached hydrogens (tertiary/aromatic N) is 1. The fraction of sp³-hybridized carbons (Fsp3) is 0.138. The van der Waals surface area contributed by atoms with Crippen LogP contribution in [0.2, 0.25) is 0 Å². The zero-order valence-electron chi connectivity index (χ0n) is 19.8. The molecule has 0 saturated carbocycles. The molecule has 0 spiro atoms. The van der Waals surface area contributed by atoms with E-state index in [1.807, 2.05) is 66.7 Å². The van der Waals surface area contributed by atoms with Crippen molar-refractivity contribution in [2.75, 3.05) is 16.2 Å². The lowest BCUT2D eigenvalue weighted by molar-refractivity contribution is -0.114. The highest BCUT2D eigenvalue weighted by Crippen LogP contribution is 2.29. The Bertz CT molecular complexity index is 1390. The summed E-state index contributed by atoms with van der Waals surface area (Å²) in [4.78, 5) is 13.3. The van der Waals surface area contributed by atoms with E-state index in [0.717, 1.165) is 21.0 Å². The van der Waals surface area contributed by atoms with Crippen molar-refractivity contribution in [3.8, 4) is 11.1 Å². The van der Waals surface area contributed by atoms with Crippen molar-refractivity contribution in [3.05, 3.63) is 115 Å². The predicted molar refractivity (Wildman–Crippen MR) is 142 cm³/mol. The SMILES string of the molecule is CC(C)c1ccc(N(CC(=O)Nc2ccccc2-c2ccccc2)S(=O)(=O)c2ccccc2)cc1. The minimum absolute atomic E-state index is 0.130. The number of para-hydroxylation sites is 1. The standard InChI is InChI=1S/C29H28N2O3S/c1-22(2)23-17-19-25(20-18-23)31(35(33,34)26-13-7-4-8-14-26)21-29(32)30-28-16-10-9-15-27(28)24-11-5-3-6-12-24/h3-20,22H,21H2,1-2H3,(H,30,32). The average Bonchev–Trinajstić information content (AvgIpc) is 2.88. The number of rotatable bonds is 8. The molecule has 0 atom stereocenters. The minimum atomic E-state index is -3.96. The zero-order valence-corrected chi connectivity index (χ0v) is 20.6. The van der Waals surface area contributed by atoms with Crippen LogP contribution < -0.4 is 9.62 Å². The van der Waals surface area contributed by atoms with Crippen LogP contribution in [0.3, 0.4) is 0 Å². The van der Waals surface area contributed by atoms with E-state index in [-0.39, 0.29) is 11.4 Å². The van der Waals surface area contributed by atoms with Crippen molar-refractivity contribution >= 4 is 27.3 Å². The second-order valence-electron chi connectivity index (χ2n) is 8.53. The molecule has 0 heterocycles. The molecule has 0 fully saturated rings. The topological polar surface area (TPSA) is 66.5 Å². The van der Waals surface area contributed by atoms with E-state index in [0.29, 0.717) is 17.3 Å². The van der Waals surface area contributed by atoms with E-state index in [1.54, 1.807) is 30.3 Å². The van der Waals surface area contributed by atoms with Crippen molar-refractivity contribution in [1.29, 1.82) is 0 Å². The molecule has 0 aliphatic heterocycles. The van der Waals surface area contributed by atoms with Crippen LogP contribution in [-0.2, 0) is 14.8 Å². The van der Waals surface area contributed by atoms with Gasteiger partial charge in [-0.1, -0.05) is 92.7 Å². The Morgan fingerprint density at radius 1 is 0.771 bits per heavy atom. The van der Waals surface area contributed by atoms with Crippen LogP contribution in [0.25, 0.3) is 11.1 Å². The number of amides is 1.